The first-order valence-electron chi connectivity index (χ1n) is 4.78. The second-order valence-corrected chi connectivity index (χ2v) is 4.28. The minimum Gasteiger partial charge on any atom is -0.371 e. The fourth-order valence-electron chi connectivity index (χ4n) is 0.873. The highest BCUT2D eigenvalue weighted by Gasteiger charge is 2.14. The minimum absolute atomic E-state index is 0.0698. The van der Waals surface area contributed by atoms with E-state index in [1.165, 1.54) is 0 Å². The number of rotatable bonds is 4. The van der Waals surface area contributed by atoms with Gasteiger partial charge in [0.2, 0.25) is 0 Å². The van der Waals surface area contributed by atoms with Gasteiger partial charge in [0.1, 0.15) is 5.15 Å². The maximum Gasteiger partial charge on any atom is 0.129 e. The van der Waals surface area contributed by atoms with Gasteiger partial charge in [-0.2, -0.15) is 0 Å². The topological polar surface area (TPSA) is 22.1 Å². The molecule has 14 heavy (non-hydrogen) atoms. The standard InChI is InChI=1S/C11H16ClNO/c1-4-11(2,3)14-8-9-5-6-10(12)13-7-9/h5-7H,4,8H2,1-3H3. The first kappa shape index (κ1) is 11.5. The summed E-state index contributed by atoms with van der Waals surface area (Å²) >= 11 is 5.68. The van der Waals surface area contributed by atoms with E-state index in [2.05, 4.69) is 25.8 Å². The molecular weight excluding hydrogens is 198 g/mol. The molecule has 0 fully saturated rings. The third-order valence-corrected chi connectivity index (χ3v) is 2.49. The number of halogens is 1. The highest BCUT2D eigenvalue weighted by molar-refractivity contribution is 6.29. The molecule has 0 unspecified atom stereocenters. The number of pyridine rings is 1. The van der Waals surface area contributed by atoms with Crippen LogP contribution in [0.1, 0.15) is 32.8 Å². The van der Waals surface area contributed by atoms with Gasteiger partial charge in [0.05, 0.1) is 12.2 Å². The SMILES string of the molecule is CCC(C)(C)OCc1ccc(Cl)nc1. The quantitative estimate of drug-likeness (QED) is 0.715. The Bertz CT molecular complexity index is 282. The van der Waals surface area contributed by atoms with Gasteiger partial charge in [0, 0.05) is 6.20 Å². The summed E-state index contributed by atoms with van der Waals surface area (Å²) in [6, 6.07) is 3.71. The average Bonchev–Trinajstić information content (AvgIpc) is 2.17. The van der Waals surface area contributed by atoms with Crippen LogP contribution in [0.15, 0.2) is 18.3 Å². The zero-order valence-electron chi connectivity index (χ0n) is 8.88. The van der Waals surface area contributed by atoms with E-state index in [4.69, 9.17) is 16.3 Å². The van der Waals surface area contributed by atoms with Crippen LogP contribution in [0, 0.1) is 0 Å². The molecule has 1 heterocycles. The fourth-order valence-corrected chi connectivity index (χ4v) is 0.984. The van der Waals surface area contributed by atoms with Gasteiger partial charge in [-0.25, -0.2) is 4.98 Å². The zero-order valence-corrected chi connectivity index (χ0v) is 9.64. The Hall–Kier alpha value is -0.600. The smallest absolute Gasteiger partial charge is 0.129 e. The van der Waals surface area contributed by atoms with Crippen molar-refractivity contribution < 1.29 is 4.74 Å². The molecule has 0 aromatic carbocycles. The number of hydrogen-bond acceptors (Lipinski definition) is 2. The molecule has 3 heteroatoms. The van der Waals surface area contributed by atoms with Gasteiger partial charge >= 0.3 is 0 Å². The van der Waals surface area contributed by atoms with Crippen molar-refractivity contribution in [1.29, 1.82) is 0 Å². The van der Waals surface area contributed by atoms with Crippen LogP contribution < -0.4 is 0 Å². The predicted octanol–water partition coefficient (Wildman–Crippen LogP) is 3.44. The lowest BCUT2D eigenvalue weighted by atomic mass is 10.1. The van der Waals surface area contributed by atoms with Crippen molar-refractivity contribution in [3.63, 3.8) is 0 Å². The minimum atomic E-state index is -0.0698. The molecule has 0 atom stereocenters. The lowest BCUT2D eigenvalue weighted by molar-refractivity contribution is -0.0317. The van der Waals surface area contributed by atoms with Gasteiger partial charge in [-0.15, -0.1) is 0 Å². The summed E-state index contributed by atoms with van der Waals surface area (Å²) in [4.78, 5) is 3.99. The average molecular weight is 214 g/mol. The highest BCUT2D eigenvalue weighted by atomic mass is 35.5. The molecule has 0 N–H and O–H groups in total. The predicted molar refractivity (Wildman–Crippen MR) is 58.4 cm³/mol. The van der Waals surface area contributed by atoms with E-state index < -0.39 is 0 Å². The molecule has 0 saturated carbocycles. The van der Waals surface area contributed by atoms with Crippen LogP contribution in [0.3, 0.4) is 0 Å². The molecule has 1 aromatic rings. The Kier molecular flexibility index (Phi) is 3.90. The van der Waals surface area contributed by atoms with Gasteiger partial charge in [0.15, 0.2) is 0 Å². The molecule has 1 aromatic heterocycles. The Morgan fingerprint density at radius 2 is 2.14 bits per heavy atom. The molecule has 2 nitrogen and oxygen atoms in total. The van der Waals surface area contributed by atoms with Crippen molar-refractivity contribution in [2.45, 2.75) is 39.4 Å². The van der Waals surface area contributed by atoms with Crippen molar-refractivity contribution in [3.8, 4) is 0 Å². The normalized spacial score (nSPS) is 11.7. The molecule has 0 aliphatic heterocycles. The number of hydrogen-bond donors (Lipinski definition) is 0. The van der Waals surface area contributed by atoms with Gasteiger partial charge in [0.25, 0.3) is 0 Å². The molecule has 0 aliphatic rings. The summed E-state index contributed by atoms with van der Waals surface area (Å²) in [5.41, 5.74) is 0.982. The molecule has 0 radical (unpaired) electrons. The van der Waals surface area contributed by atoms with Crippen molar-refractivity contribution in [3.05, 3.63) is 29.0 Å². The summed E-state index contributed by atoms with van der Waals surface area (Å²) < 4.78 is 5.72. The summed E-state index contributed by atoms with van der Waals surface area (Å²) in [5.74, 6) is 0. The lowest BCUT2D eigenvalue weighted by Crippen LogP contribution is -2.22. The van der Waals surface area contributed by atoms with Gasteiger partial charge in [-0.1, -0.05) is 24.6 Å². The molecule has 78 valence electrons. The molecule has 0 aliphatic carbocycles. The van der Waals surface area contributed by atoms with Crippen molar-refractivity contribution in [1.82, 2.24) is 4.98 Å². The summed E-state index contributed by atoms with van der Waals surface area (Å²) in [5, 5.41) is 0.517. The number of aromatic nitrogens is 1. The molecule has 0 spiro atoms. The molecule has 1 rings (SSSR count). The number of nitrogens with zero attached hydrogens (tertiary/aromatic N) is 1. The van der Waals surface area contributed by atoms with Crippen LogP contribution in [0.4, 0.5) is 0 Å². The van der Waals surface area contributed by atoms with Crippen LogP contribution in [0.5, 0.6) is 0 Å². The van der Waals surface area contributed by atoms with Gasteiger partial charge in [-0.05, 0) is 31.9 Å². The zero-order chi connectivity index (χ0) is 10.6. The first-order valence-corrected chi connectivity index (χ1v) is 5.16. The molecule has 0 amide bonds. The monoisotopic (exact) mass is 213 g/mol. The first-order chi connectivity index (χ1) is 6.53. The van der Waals surface area contributed by atoms with Gasteiger partial charge < -0.3 is 4.74 Å². The Morgan fingerprint density at radius 3 is 2.64 bits per heavy atom. The van der Waals surface area contributed by atoms with E-state index in [1.54, 1.807) is 12.3 Å². The Morgan fingerprint density at radius 1 is 1.43 bits per heavy atom. The summed E-state index contributed by atoms with van der Waals surface area (Å²) in [7, 11) is 0. The molecular formula is C11H16ClNO. The van der Waals surface area contributed by atoms with Crippen LogP contribution >= 0.6 is 11.6 Å². The van der Waals surface area contributed by atoms with Crippen molar-refractivity contribution >= 4 is 11.6 Å². The maximum absolute atomic E-state index is 5.72. The van der Waals surface area contributed by atoms with Gasteiger partial charge in [-0.3, -0.25) is 0 Å². The van der Waals surface area contributed by atoms with E-state index in [0.717, 1.165) is 12.0 Å². The third-order valence-electron chi connectivity index (χ3n) is 2.27. The second kappa shape index (κ2) is 4.76. The second-order valence-electron chi connectivity index (χ2n) is 3.89. The van der Waals surface area contributed by atoms with Crippen molar-refractivity contribution in [2.75, 3.05) is 0 Å². The van der Waals surface area contributed by atoms with E-state index in [1.807, 2.05) is 6.07 Å². The molecule has 0 bridgehead atoms. The Labute approximate surface area is 90.3 Å². The summed E-state index contributed by atoms with van der Waals surface area (Å²) in [6.45, 7) is 6.86. The van der Waals surface area contributed by atoms with E-state index >= 15 is 0 Å². The van der Waals surface area contributed by atoms with Crippen molar-refractivity contribution in [2.24, 2.45) is 0 Å². The largest absolute Gasteiger partial charge is 0.371 e. The maximum atomic E-state index is 5.72. The fraction of sp³-hybridized carbons (Fsp3) is 0.545. The highest BCUT2D eigenvalue weighted by Crippen LogP contribution is 2.16. The Balaban J connectivity index is 2.50. The van der Waals surface area contributed by atoms with Crippen LogP contribution in [0.2, 0.25) is 5.15 Å². The van der Waals surface area contributed by atoms with E-state index in [0.29, 0.717) is 11.8 Å². The van der Waals surface area contributed by atoms with Crippen LogP contribution in [0.25, 0.3) is 0 Å². The van der Waals surface area contributed by atoms with E-state index in [-0.39, 0.29) is 5.60 Å². The van der Waals surface area contributed by atoms with Crippen LogP contribution in [-0.4, -0.2) is 10.6 Å². The van der Waals surface area contributed by atoms with Crippen LogP contribution in [-0.2, 0) is 11.3 Å². The lowest BCUT2D eigenvalue weighted by Gasteiger charge is -2.23. The van der Waals surface area contributed by atoms with E-state index in [9.17, 15) is 0 Å². The molecule has 0 saturated heterocycles. The third kappa shape index (κ3) is 3.64. The summed E-state index contributed by atoms with van der Waals surface area (Å²) in [6.07, 6.45) is 2.74. The number of ether oxygens (including phenoxy) is 1.